The van der Waals surface area contributed by atoms with Gasteiger partial charge in [-0.1, -0.05) is 57.4 Å². The third kappa shape index (κ3) is 0. The maximum absolute atomic E-state index is 2.00. The SMILES string of the molecule is C.C.C.C.CC.CC.[H+]. The van der Waals surface area contributed by atoms with Crippen LogP contribution in [0.1, 0.15) is 58.8 Å². The molecule has 0 spiro atoms. The van der Waals surface area contributed by atoms with Crippen molar-refractivity contribution in [3.8, 4) is 0 Å². The van der Waals surface area contributed by atoms with E-state index in [0.29, 0.717) is 0 Å². The van der Waals surface area contributed by atoms with Crippen LogP contribution in [0.4, 0.5) is 0 Å². The lowest BCUT2D eigenvalue weighted by atomic mass is 11.0. The third-order valence-electron chi connectivity index (χ3n) is 0. The Bertz CT molecular complexity index is 4.53. The third-order valence-corrected chi connectivity index (χ3v) is 0. The Labute approximate surface area is 59.8 Å². The van der Waals surface area contributed by atoms with Crippen LogP contribution in [0.15, 0.2) is 0 Å². The van der Waals surface area contributed by atoms with Crippen molar-refractivity contribution in [3.63, 3.8) is 0 Å². The highest BCUT2D eigenvalue weighted by atomic mass is 13.0. The van der Waals surface area contributed by atoms with Crippen LogP contribution in [-0.4, -0.2) is 0 Å². The second kappa shape index (κ2) is 0. The predicted molar refractivity (Wildman–Crippen MR) is 50.7 cm³/mol. The van der Waals surface area contributed by atoms with Crippen LogP contribution in [0.3, 0.4) is 0 Å². The van der Waals surface area contributed by atoms with Crippen LogP contribution in [0.2, 0.25) is 0 Å². The second-order valence-corrected chi connectivity index (χ2v) is 0. The lowest BCUT2D eigenvalue weighted by molar-refractivity contribution is 1.50. The lowest BCUT2D eigenvalue weighted by Gasteiger charge is -1.07. The molecule has 0 fully saturated rings. The molecular weight excluding hydrogens is 96.1 g/mol. The molecule has 0 amide bonds. The van der Waals surface area contributed by atoms with E-state index in [4.69, 9.17) is 0 Å². The van der Waals surface area contributed by atoms with Crippen molar-refractivity contribution in [1.82, 2.24) is 0 Å². The summed E-state index contributed by atoms with van der Waals surface area (Å²) in [6, 6.07) is 0. The summed E-state index contributed by atoms with van der Waals surface area (Å²) in [5.41, 5.74) is 0. The van der Waals surface area contributed by atoms with Gasteiger partial charge in [0.25, 0.3) is 0 Å². The van der Waals surface area contributed by atoms with Crippen LogP contribution < -0.4 is 0 Å². The van der Waals surface area contributed by atoms with Gasteiger partial charge in [0.05, 0.1) is 0 Å². The van der Waals surface area contributed by atoms with E-state index in [0.717, 1.165) is 0 Å². The summed E-state index contributed by atoms with van der Waals surface area (Å²) in [6.07, 6.45) is 0. The van der Waals surface area contributed by atoms with Crippen LogP contribution >= 0.6 is 0 Å². The zero-order valence-electron chi connectivity index (χ0n) is 5.00. The van der Waals surface area contributed by atoms with Gasteiger partial charge in [0.2, 0.25) is 0 Å². The first-order valence-electron chi connectivity index (χ1n) is 2.00. The molecule has 0 unspecified atom stereocenters. The van der Waals surface area contributed by atoms with Crippen molar-refractivity contribution >= 4 is 0 Å². The van der Waals surface area contributed by atoms with Gasteiger partial charge in [-0.05, 0) is 0 Å². The van der Waals surface area contributed by atoms with Crippen molar-refractivity contribution < 1.29 is 1.43 Å². The fourth-order valence-electron chi connectivity index (χ4n) is 0. The van der Waals surface area contributed by atoms with Crippen LogP contribution in [0.25, 0.3) is 0 Å². The van der Waals surface area contributed by atoms with Crippen molar-refractivity contribution in [2.24, 2.45) is 0 Å². The average molecular weight is 125 g/mol. The summed E-state index contributed by atoms with van der Waals surface area (Å²) in [4.78, 5) is 0. The van der Waals surface area contributed by atoms with E-state index in [2.05, 4.69) is 0 Å². The van der Waals surface area contributed by atoms with Gasteiger partial charge in [-0.2, -0.15) is 0 Å². The van der Waals surface area contributed by atoms with E-state index in [9.17, 15) is 0 Å². The molecule has 0 aliphatic carbocycles. The highest BCUT2D eigenvalue weighted by molar-refractivity contribution is 3.51. The van der Waals surface area contributed by atoms with E-state index >= 15 is 0 Å². The molecular formula is C8H29+. The molecule has 0 rings (SSSR count). The zero-order chi connectivity index (χ0) is 4.00. The monoisotopic (exact) mass is 125 g/mol. The van der Waals surface area contributed by atoms with Crippen molar-refractivity contribution in [2.45, 2.75) is 57.4 Å². The molecule has 0 heteroatoms. The smallest absolute Gasteiger partial charge is 0.0776 e. The predicted octanol–water partition coefficient (Wildman–Crippen LogP) is 4.71. The lowest BCUT2D eigenvalue weighted by Crippen LogP contribution is -0.856. The van der Waals surface area contributed by atoms with Gasteiger partial charge in [-0.3, -0.25) is 0 Å². The van der Waals surface area contributed by atoms with Gasteiger partial charge < -0.3 is 0 Å². The summed E-state index contributed by atoms with van der Waals surface area (Å²) in [5, 5.41) is 0. The molecule has 60 valence electrons. The van der Waals surface area contributed by atoms with Crippen LogP contribution in [0, 0.1) is 0 Å². The van der Waals surface area contributed by atoms with Gasteiger partial charge in [0.15, 0.2) is 0 Å². The molecule has 0 aliphatic rings. The van der Waals surface area contributed by atoms with Crippen molar-refractivity contribution in [2.75, 3.05) is 0 Å². The highest BCUT2D eigenvalue weighted by Gasteiger charge is 0.934. The highest BCUT2D eigenvalue weighted by Crippen LogP contribution is 1.15. The Kier molecular flexibility index (Phi) is 0. The summed E-state index contributed by atoms with van der Waals surface area (Å²) in [6.45, 7) is 8.00. The standard InChI is InChI=1S/2C2H6.4CH4/c2*1-2;;;;/h2*1-2H3;4*1H4/p+1. The van der Waals surface area contributed by atoms with Gasteiger partial charge in [0, 0.05) is 0 Å². The van der Waals surface area contributed by atoms with Crippen molar-refractivity contribution in [1.29, 1.82) is 0 Å². The first kappa shape index (κ1) is 98.0. The van der Waals surface area contributed by atoms with E-state index in [1.54, 1.807) is 0 Å². The first-order chi connectivity index (χ1) is 2.00. The summed E-state index contributed by atoms with van der Waals surface area (Å²) >= 11 is 0. The first-order valence-corrected chi connectivity index (χ1v) is 2.00. The maximum Gasteiger partial charge on any atom is 1.00 e. The molecule has 0 saturated heterocycles. The molecule has 0 heterocycles. The Morgan fingerprint density at radius 3 is 0.500 bits per heavy atom. The Balaban J connectivity index is -0.00000000114. The Morgan fingerprint density at radius 2 is 0.500 bits per heavy atom. The van der Waals surface area contributed by atoms with Gasteiger partial charge in [0.1, 0.15) is 0 Å². The Morgan fingerprint density at radius 1 is 0.500 bits per heavy atom. The minimum absolute atomic E-state index is 0. The zero-order valence-corrected chi connectivity index (χ0v) is 4.00. The molecule has 0 radical (unpaired) electrons. The number of hydrogen-bond donors (Lipinski definition) is 0. The normalized spacial score (nSPS) is 1.50. The summed E-state index contributed by atoms with van der Waals surface area (Å²) in [7, 11) is 0. The van der Waals surface area contributed by atoms with E-state index in [1.165, 1.54) is 0 Å². The summed E-state index contributed by atoms with van der Waals surface area (Å²) < 4.78 is 0. The molecule has 0 aliphatic heterocycles. The average Bonchev–Trinajstić information content (AvgIpc) is 1.50. The molecule has 0 bridgehead atoms. The molecule has 0 aromatic heterocycles. The topological polar surface area (TPSA) is 0 Å². The molecule has 8 heavy (non-hydrogen) atoms. The maximum atomic E-state index is 2.00. The fraction of sp³-hybridized carbons (Fsp3) is 1.00. The van der Waals surface area contributed by atoms with Gasteiger partial charge in [-0.15, -0.1) is 0 Å². The minimum Gasteiger partial charge on any atom is -0.0776 e. The second-order valence-electron chi connectivity index (χ2n) is 0. The fourth-order valence-corrected chi connectivity index (χ4v) is 0. The molecule has 0 aromatic rings. The summed E-state index contributed by atoms with van der Waals surface area (Å²) in [5.74, 6) is 0. The van der Waals surface area contributed by atoms with Gasteiger partial charge >= 0.3 is 1.43 Å². The molecule has 0 aromatic carbocycles. The van der Waals surface area contributed by atoms with Crippen LogP contribution in [0.5, 0.6) is 0 Å². The van der Waals surface area contributed by atoms with E-state index < -0.39 is 0 Å². The quantitative estimate of drug-likeness (QED) is 0.440. The van der Waals surface area contributed by atoms with E-state index in [1.807, 2.05) is 27.7 Å². The van der Waals surface area contributed by atoms with Crippen LogP contribution in [-0.2, 0) is 0 Å². The largest absolute Gasteiger partial charge is 1.00 e. The number of hydrogen-bond acceptors (Lipinski definition) is 0. The molecule has 0 N–H and O–H groups in total. The molecule has 0 nitrogen and oxygen atoms in total. The van der Waals surface area contributed by atoms with E-state index in [-0.39, 0.29) is 31.1 Å². The van der Waals surface area contributed by atoms with Crippen molar-refractivity contribution in [3.05, 3.63) is 0 Å². The minimum atomic E-state index is 0. The molecule has 0 atom stereocenters. The van der Waals surface area contributed by atoms with Gasteiger partial charge in [-0.25, -0.2) is 0 Å². The Hall–Kier alpha value is 0. The molecule has 0 saturated carbocycles. The number of rotatable bonds is 0.